The van der Waals surface area contributed by atoms with Crippen molar-refractivity contribution in [1.82, 2.24) is 0 Å². The second-order valence-electron chi connectivity index (χ2n) is 1.68. The molecule has 0 saturated heterocycles. The van der Waals surface area contributed by atoms with E-state index in [1.807, 2.05) is 0 Å². The average molecular weight is 130 g/mol. The summed E-state index contributed by atoms with van der Waals surface area (Å²) in [5.41, 5.74) is 0. The number of hydrogen-bond acceptors (Lipinski definition) is 0. The maximum Gasteiger partial charge on any atom is 0 e. The zero-order valence-electron chi connectivity index (χ0n) is 4.32. The molecule has 0 N–H and O–H groups in total. The van der Waals surface area contributed by atoms with Crippen molar-refractivity contribution < 1.29 is 16.8 Å². The van der Waals surface area contributed by atoms with Gasteiger partial charge in [0.05, 0.1) is 0 Å². The quantitative estimate of drug-likeness (QED) is 0.475. The molecule has 0 aromatic carbocycles. The standard InChI is InChI=1S/C5H11.Co/c1-4-5(2)3;/h5H,1,4H2,2-3H3;/q-1;. The summed E-state index contributed by atoms with van der Waals surface area (Å²) >= 11 is 0. The third-order valence-corrected chi connectivity index (χ3v) is 0.577. The van der Waals surface area contributed by atoms with Crippen LogP contribution in [0.4, 0.5) is 0 Å². The number of hydrogen-bond donors (Lipinski definition) is 0. The first kappa shape index (κ1) is 9.71. The van der Waals surface area contributed by atoms with Crippen LogP contribution in [-0.4, -0.2) is 0 Å². The van der Waals surface area contributed by atoms with Gasteiger partial charge in [0.25, 0.3) is 0 Å². The van der Waals surface area contributed by atoms with Gasteiger partial charge in [0.1, 0.15) is 0 Å². The molecule has 0 rings (SSSR count). The molecule has 0 amide bonds. The maximum absolute atomic E-state index is 3.69. The van der Waals surface area contributed by atoms with Gasteiger partial charge in [-0.25, -0.2) is 0 Å². The minimum atomic E-state index is 0. The minimum absolute atomic E-state index is 0. The van der Waals surface area contributed by atoms with Crippen molar-refractivity contribution in [3.05, 3.63) is 6.92 Å². The van der Waals surface area contributed by atoms with Crippen molar-refractivity contribution in [2.45, 2.75) is 20.3 Å². The second-order valence-corrected chi connectivity index (χ2v) is 1.68. The molecular weight excluding hydrogens is 119 g/mol. The fourth-order valence-electron chi connectivity index (χ4n) is 0. The van der Waals surface area contributed by atoms with Gasteiger partial charge in [-0.3, -0.25) is 0 Å². The Kier molecular flexibility index (Phi) is 8.92. The van der Waals surface area contributed by atoms with E-state index in [9.17, 15) is 0 Å². The van der Waals surface area contributed by atoms with Gasteiger partial charge >= 0.3 is 0 Å². The van der Waals surface area contributed by atoms with Gasteiger partial charge in [-0.1, -0.05) is 19.8 Å². The minimum Gasteiger partial charge on any atom is -0.343 e. The monoisotopic (exact) mass is 130 g/mol. The van der Waals surface area contributed by atoms with Crippen LogP contribution < -0.4 is 0 Å². The van der Waals surface area contributed by atoms with E-state index < -0.39 is 0 Å². The molecule has 0 bridgehead atoms. The second kappa shape index (κ2) is 5.51. The van der Waals surface area contributed by atoms with E-state index in [4.69, 9.17) is 0 Å². The van der Waals surface area contributed by atoms with E-state index in [1.165, 1.54) is 0 Å². The summed E-state index contributed by atoms with van der Waals surface area (Å²) in [6, 6.07) is 0. The summed E-state index contributed by atoms with van der Waals surface area (Å²) in [5.74, 6) is 0.773. The molecule has 0 nitrogen and oxygen atoms in total. The van der Waals surface area contributed by atoms with Crippen LogP contribution in [0.5, 0.6) is 0 Å². The fourth-order valence-corrected chi connectivity index (χ4v) is 0. The summed E-state index contributed by atoms with van der Waals surface area (Å²) in [5, 5.41) is 0. The molecular formula is C5H11Co-. The van der Waals surface area contributed by atoms with Crippen LogP contribution in [-0.2, 0) is 16.8 Å². The van der Waals surface area contributed by atoms with Crippen molar-refractivity contribution in [2.75, 3.05) is 0 Å². The van der Waals surface area contributed by atoms with Crippen molar-refractivity contribution in [1.29, 1.82) is 0 Å². The summed E-state index contributed by atoms with van der Waals surface area (Å²) in [4.78, 5) is 0. The van der Waals surface area contributed by atoms with E-state index in [1.54, 1.807) is 0 Å². The summed E-state index contributed by atoms with van der Waals surface area (Å²) < 4.78 is 0. The molecule has 0 unspecified atom stereocenters. The Morgan fingerprint density at radius 2 is 1.67 bits per heavy atom. The fraction of sp³-hybridized carbons (Fsp3) is 0.800. The van der Waals surface area contributed by atoms with Gasteiger partial charge in [0, 0.05) is 16.8 Å². The smallest absolute Gasteiger partial charge is 0 e. The average Bonchev–Trinajstić information content (AvgIpc) is 1.38. The predicted octanol–water partition coefficient (Wildman–Crippen LogP) is 1.86. The molecule has 0 aliphatic rings. The molecule has 0 aromatic rings. The van der Waals surface area contributed by atoms with Crippen molar-refractivity contribution >= 4 is 0 Å². The molecule has 41 valence electrons. The van der Waals surface area contributed by atoms with Crippen LogP contribution >= 0.6 is 0 Å². The Labute approximate surface area is 50.5 Å². The van der Waals surface area contributed by atoms with Gasteiger partial charge < -0.3 is 6.92 Å². The topological polar surface area (TPSA) is 0 Å². The van der Waals surface area contributed by atoms with Crippen LogP contribution in [0, 0.1) is 12.8 Å². The molecule has 0 fully saturated rings. The van der Waals surface area contributed by atoms with Gasteiger partial charge in [-0.2, -0.15) is 6.42 Å². The molecule has 0 aromatic heterocycles. The van der Waals surface area contributed by atoms with Crippen LogP contribution in [0.3, 0.4) is 0 Å². The SMILES string of the molecule is [CH2-]CC(C)C.[Co]. The molecule has 6 heavy (non-hydrogen) atoms. The molecule has 1 radical (unpaired) electrons. The Hall–Kier alpha value is 0.506. The molecule has 0 saturated carbocycles. The number of rotatable bonds is 1. The largest absolute Gasteiger partial charge is 0.343 e. The van der Waals surface area contributed by atoms with Gasteiger partial charge in [-0.05, 0) is 0 Å². The van der Waals surface area contributed by atoms with E-state index >= 15 is 0 Å². The molecule has 1 heteroatoms. The summed E-state index contributed by atoms with van der Waals surface area (Å²) in [7, 11) is 0. The molecule has 0 aliphatic heterocycles. The Balaban J connectivity index is 0. The third kappa shape index (κ3) is 8.82. The van der Waals surface area contributed by atoms with Crippen LogP contribution in [0.1, 0.15) is 20.3 Å². The Bertz CT molecular complexity index is 17.9. The van der Waals surface area contributed by atoms with Gasteiger partial charge in [0.15, 0.2) is 0 Å². The van der Waals surface area contributed by atoms with Crippen LogP contribution in [0.15, 0.2) is 0 Å². The molecule has 0 spiro atoms. The Morgan fingerprint density at radius 1 is 1.50 bits per heavy atom. The Morgan fingerprint density at radius 3 is 1.67 bits per heavy atom. The van der Waals surface area contributed by atoms with E-state index in [0.29, 0.717) is 0 Å². The van der Waals surface area contributed by atoms with Gasteiger partial charge in [0.2, 0.25) is 0 Å². The van der Waals surface area contributed by atoms with Crippen molar-refractivity contribution in [3.63, 3.8) is 0 Å². The zero-order valence-corrected chi connectivity index (χ0v) is 5.37. The van der Waals surface area contributed by atoms with E-state index in [2.05, 4.69) is 20.8 Å². The first-order valence-corrected chi connectivity index (χ1v) is 2.06. The van der Waals surface area contributed by atoms with Crippen LogP contribution in [0.25, 0.3) is 0 Å². The predicted molar refractivity (Wildman–Crippen MR) is 24.8 cm³/mol. The normalized spacial score (nSPS) is 8.00. The van der Waals surface area contributed by atoms with E-state index in [0.717, 1.165) is 12.3 Å². The van der Waals surface area contributed by atoms with Crippen molar-refractivity contribution in [2.24, 2.45) is 5.92 Å². The van der Waals surface area contributed by atoms with E-state index in [-0.39, 0.29) is 16.8 Å². The molecule has 0 heterocycles. The van der Waals surface area contributed by atoms with Gasteiger partial charge in [-0.15, -0.1) is 0 Å². The summed E-state index contributed by atoms with van der Waals surface area (Å²) in [6.45, 7) is 8.00. The van der Waals surface area contributed by atoms with Crippen molar-refractivity contribution in [3.8, 4) is 0 Å². The molecule has 0 atom stereocenters. The first-order valence-electron chi connectivity index (χ1n) is 2.06. The third-order valence-electron chi connectivity index (χ3n) is 0.577. The zero-order chi connectivity index (χ0) is 4.28. The van der Waals surface area contributed by atoms with Crippen LogP contribution in [0.2, 0.25) is 0 Å². The first-order chi connectivity index (χ1) is 2.27. The summed E-state index contributed by atoms with van der Waals surface area (Å²) in [6.07, 6.45) is 1.06. The maximum atomic E-state index is 3.69. The molecule has 0 aliphatic carbocycles.